The average molecular weight is 413 g/mol. The number of allylic oxidation sites excluding steroid dienone is 2. The molecule has 0 amide bonds. The number of anilines is 1. The summed E-state index contributed by atoms with van der Waals surface area (Å²) in [6.07, 6.45) is 5.41. The lowest BCUT2D eigenvalue weighted by atomic mass is 9.75. The third-order valence-corrected chi connectivity index (χ3v) is 7.35. The van der Waals surface area contributed by atoms with Crippen molar-refractivity contribution in [2.45, 2.75) is 24.5 Å². The van der Waals surface area contributed by atoms with Crippen molar-refractivity contribution in [2.24, 2.45) is 5.92 Å². The molecule has 0 aromatic heterocycles. The van der Waals surface area contributed by atoms with E-state index in [9.17, 15) is 9.90 Å². The van der Waals surface area contributed by atoms with E-state index < -0.39 is 5.97 Å². The zero-order chi connectivity index (χ0) is 19.3. The minimum atomic E-state index is -1.17. The summed E-state index contributed by atoms with van der Waals surface area (Å²) in [4.78, 5) is 11.7. The number of aromatic carboxylic acids is 1. The molecule has 0 spiro atoms. The second kappa shape index (κ2) is 7.05. The van der Waals surface area contributed by atoms with Crippen LogP contribution in [0.1, 0.15) is 39.9 Å². The van der Waals surface area contributed by atoms with Crippen LogP contribution in [-0.4, -0.2) is 23.6 Å². The standard InChI is InChI=1S/C22H20ClNO3S/c23-18-8-7-17(22(25)26)19-15-5-2-6-16(15)20(24-21(18)19)12-3-1-4-13(9-12)27-14-10-28-11-14/h1-5,7-9,14-16,20,24H,6,10-11H2,(H,25,26)/p-1/t15-,16+,20+/m0/s1. The van der Waals surface area contributed by atoms with Gasteiger partial charge in [0.15, 0.2) is 0 Å². The first-order valence-corrected chi connectivity index (χ1v) is 11.0. The Morgan fingerprint density at radius 2 is 2.11 bits per heavy atom. The molecule has 0 radical (unpaired) electrons. The second-order valence-corrected chi connectivity index (χ2v) is 8.98. The Bertz CT molecular complexity index is 972. The number of nitrogens with one attached hydrogen (secondary N) is 1. The van der Waals surface area contributed by atoms with Crippen LogP contribution in [0.4, 0.5) is 5.69 Å². The largest absolute Gasteiger partial charge is 0.545 e. The van der Waals surface area contributed by atoms with Crippen molar-refractivity contribution < 1.29 is 14.6 Å². The molecule has 0 unspecified atom stereocenters. The molecule has 0 saturated carbocycles. The summed E-state index contributed by atoms with van der Waals surface area (Å²) in [5, 5.41) is 15.7. The molecule has 3 atom stereocenters. The van der Waals surface area contributed by atoms with Crippen molar-refractivity contribution >= 4 is 35.0 Å². The van der Waals surface area contributed by atoms with E-state index in [1.54, 1.807) is 12.1 Å². The van der Waals surface area contributed by atoms with E-state index in [0.29, 0.717) is 16.8 Å². The van der Waals surface area contributed by atoms with Crippen molar-refractivity contribution in [1.82, 2.24) is 0 Å². The van der Waals surface area contributed by atoms with Crippen LogP contribution in [0.5, 0.6) is 5.75 Å². The number of fused-ring (bicyclic) bond motifs is 3. The highest BCUT2D eigenvalue weighted by Gasteiger charge is 2.40. The highest BCUT2D eigenvalue weighted by Crippen LogP contribution is 2.52. The molecule has 3 aliphatic rings. The van der Waals surface area contributed by atoms with Crippen LogP contribution in [0.2, 0.25) is 5.02 Å². The zero-order valence-corrected chi connectivity index (χ0v) is 16.6. The maximum atomic E-state index is 11.7. The third kappa shape index (κ3) is 2.97. The Morgan fingerprint density at radius 1 is 1.25 bits per heavy atom. The summed E-state index contributed by atoms with van der Waals surface area (Å²) >= 11 is 8.35. The van der Waals surface area contributed by atoms with Gasteiger partial charge in [-0.3, -0.25) is 0 Å². The van der Waals surface area contributed by atoms with E-state index in [0.717, 1.165) is 34.8 Å². The number of carboxylic acid groups (broad SMARTS) is 1. The number of hydrogen-bond donors (Lipinski definition) is 1. The summed E-state index contributed by atoms with van der Waals surface area (Å²) in [6.45, 7) is 0. The molecule has 5 rings (SSSR count). The number of rotatable bonds is 4. The van der Waals surface area contributed by atoms with Gasteiger partial charge in [-0.05, 0) is 41.7 Å². The number of carbonyl (C=O) groups is 1. The lowest BCUT2D eigenvalue weighted by Crippen LogP contribution is -2.33. The van der Waals surface area contributed by atoms with E-state index in [1.165, 1.54) is 0 Å². The quantitative estimate of drug-likeness (QED) is 0.768. The number of benzene rings is 2. The van der Waals surface area contributed by atoms with Gasteiger partial charge in [-0.2, -0.15) is 11.8 Å². The summed E-state index contributed by atoms with van der Waals surface area (Å²) in [5.41, 5.74) is 2.78. The Hall–Kier alpha value is -2.11. The van der Waals surface area contributed by atoms with Gasteiger partial charge in [-0.15, -0.1) is 0 Å². The molecule has 4 nitrogen and oxygen atoms in total. The molecular weight excluding hydrogens is 394 g/mol. The predicted octanol–water partition coefficient (Wildman–Crippen LogP) is 4.02. The molecule has 28 heavy (non-hydrogen) atoms. The van der Waals surface area contributed by atoms with E-state index in [-0.39, 0.29) is 23.4 Å². The highest BCUT2D eigenvalue weighted by molar-refractivity contribution is 8.00. The van der Waals surface area contributed by atoms with Gasteiger partial charge in [-0.1, -0.05) is 42.0 Å². The van der Waals surface area contributed by atoms with Crippen LogP contribution in [0.15, 0.2) is 48.6 Å². The highest BCUT2D eigenvalue weighted by atomic mass is 35.5. The average Bonchev–Trinajstić information content (AvgIpc) is 3.14. The molecule has 1 aliphatic carbocycles. The Morgan fingerprint density at radius 3 is 2.86 bits per heavy atom. The van der Waals surface area contributed by atoms with Gasteiger partial charge >= 0.3 is 0 Å². The lowest BCUT2D eigenvalue weighted by molar-refractivity contribution is -0.255. The molecule has 0 bridgehead atoms. The number of carboxylic acids is 1. The predicted molar refractivity (Wildman–Crippen MR) is 110 cm³/mol. The SMILES string of the molecule is O=C([O-])c1ccc(Cl)c2c1[C@H]1C=CC[C@H]1[C@@H](c1cccc(OC3CSC3)c1)N2. The molecule has 6 heteroatoms. The number of halogens is 1. The van der Waals surface area contributed by atoms with Gasteiger partial charge < -0.3 is 20.0 Å². The Kier molecular flexibility index (Phi) is 4.52. The van der Waals surface area contributed by atoms with Gasteiger partial charge in [0, 0.05) is 23.0 Å². The van der Waals surface area contributed by atoms with Gasteiger partial charge in [0.1, 0.15) is 11.9 Å². The van der Waals surface area contributed by atoms with E-state index >= 15 is 0 Å². The zero-order valence-electron chi connectivity index (χ0n) is 15.1. The fourth-order valence-corrected chi connectivity index (χ4v) is 5.22. The van der Waals surface area contributed by atoms with Crippen LogP contribution in [0.25, 0.3) is 0 Å². The summed E-state index contributed by atoms with van der Waals surface area (Å²) in [6, 6.07) is 11.4. The number of thioether (sulfide) groups is 1. The minimum Gasteiger partial charge on any atom is -0.545 e. The first kappa shape index (κ1) is 18.0. The second-order valence-electron chi connectivity index (χ2n) is 7.50. The maximum absolute atomic E-state index is 11.7. The van der Waals surface area contributed by atoms with Crippen molar-refractivity contribution in [3.63, 3.8) is 0 Å². The number of ether oxygens (including phenoxy) is 1. The van der Waals surface area contributed by atoms with Crippen molar-refractivity contribution in [3.05, 3.63) is 70.3 Å². The molecule has 1 fully saturated rings. The maximum Gasteiger partial charge on any atom is 0.120 e. The molecule has 144 valence electrons. The normalized spacial score (nSPS) is 25.4. The van der Waals surface area contributed by atoms with E-state index in [2.05, 4.69) is 29.6 Å². The molecule has 2 aliphatic heterocycles. The van der Waals surface area contributed by atoms with Crippen LogP contribution < -0.4 is 15.2 Å². The van der Waals surface area contributed by atoms with Gasteiger partial charge in [0.05, 0.1) is 22.7 Å². The first-order chi connectivity index (χ1) is 13.6. The van der Waals surface area contributed by atoms with Crippen LogP contribution >= 0.6 is 23.4 Å². The molecule has 2 aromatic rings. The number of hydrogen-bond acceptors (Lipinski definition) is 5. The van der Waals surface area contributed by atoms with E-state index in [4.69, 9.17) is 16.3 Å². The van der Waals surface area contributed by atoms with Crippen LogP contribution in [0, 0.1) is 5.92 Å². The fraction of sp³-hybridized carbons (Fsp3) is 0.318. The van der Waals surface area contributed by atoms with Gasteiger partial charge in [-0.25, -0.2) is 0 Å². The molecule has 2 aromatic carbocycles. The minimum absolute atomic E-state index is 0.000423. The molecule has 1 N–H and O–H groups in total. The van der Waals surface area contributed by atoms with Crippen molar-refractivity contribution in [3.8, 4) is 5.75 Å². The Balaban J connectivity index is 1.54. The summed E-state index contributed by atoms with van der Waals surface area (Å²) in [7, 11) is 0. The summed E-state index contributed by atoms with van der Waals surface area (Å²) < 4.78 is 6.06. The Labute approximate surface area is 172 Å². The summed E-state index contributed by atoms with van der Waals surface area (Å²) in [5.74, 6) is 2.01. The molecular formula is C22H19ClNO3S-. The van der Waals surface area contributed by atoms with E-state index in [1.807, 2.05) is 23.9 Å². The van der Waals surface area contributed by atoms with Crippen LogP contribution in [-0.2, 0) is 0 Å². The topological polar surface area (TPSA) is 61.4 Å². The number of carbonyl (C=O) groups excluding carboxylic acids is 1. The van der Waals surface area contributed by atoms with Gasteiger partial charge in [0.2, 0.25) is 0 Å². The molecule has 2 heterocycles. The smallest absolute Gasteiger partial charge is 0.120 e. The van der Waals surface area contributed by atoms with Crippen molar-refractivity contribution in [2.75, 3.05) is 16.8 Å². The van der Waals surface area contributed by atoms with Gasteiger partial charge in [0.25, 0.3) is 0 Å². The monoisotopic (exact) mass is 412 g/mol. The molecule has 1 saturated heterocycles. The van der Waals surface area contributed by atoms with Crippen LogP contribution in [0.3, 0.4) is 0 Å². The lowest BCUT2D eigenvalue weighted by Gasteiger charge is -2.39. The van der Waals surface area contributed by atoms with Crippen molar-refractivity contribution in [1.29, 1.82) is 0 Å². The fourth-order valence-electron chi connectivity index (χ4n) is 4.44. The first-order valence-electron chi connectivity index (χ1n) is 9.43. The third-order valence-electron chi connectivity index (χ3n) is 5.82.